The summed E-state index contributed by atoms with van der Waals surface area (Å²) in [5.74, 6) is -2.22. The van der Waals surface area contributed by atoms with E-state index in [1.807, 2.05) is 0 Å². The first kappa shape index (κ1) is 13.0. The lowest BCUT2D eigenvalue weighted by Crippen LogP contribution is -2.33. The fourth-order valence-corrected chi connectivity index (χ4v) is 1.50. The Hall–Kier alpha value is -2.08. The van der Waals surface area contributed by atoms with Crippen molar-refractivity contribution < 1.29 is 24.9 Å². The molecule has 0 saturated carbocycles. The summed E-state index contributed by atoms with van der Waals surface area (Å²) in [5, 5.41) is 26.6. The van der Waals surface area contributed by atoms with E-state index in [9.17, 15) is 9.59 Å². The van der Waals surface area contributed by atoms with Gasteiger partial charge in [0, 0.05) is 6.54 Å². The number of hydrogen-bond acceptors (Lipinski definition) is 4. The predicted molar refractivity (Wildman–Crippen MR) is 60.3 cm³/mol. The standard InChI is InChI=1S/C11H13NO5/c13-6-5-12(7-10(14)15)9-4-2-1-3-8(9)11(16)17/h1-4,13H,5-7H2,(H,14,15)(H,16,17). The number of nitrogens with zero attached hydrogens (tertiary/aromatic N) is 1. The minimum Gasteiger partial charge on any atom is -0.480 e. The second kappa shape index (κ2) is 5.86. The Morgan fingerprint density at radius 1 is 1.18 bits per heavy atom. The van der Waals surface area contributed by atoms with Gasteiger partial charge in [0.15, 0.2) is 0 Å². The summed E-state index contributed by atoms with van der Waals surface area (Å²) in [6.07, 6.45) is 0. The molecule has 3 N–H and O–H groups in total. The van der Waals surface area contributed by atoms with Gasteiger partial charge in [-0.15, -0.1) is 0 Å². The highest BCUT2D eigenvalue weighted by Gasteiger charge is 2.17. The van der Waals surface area contributed by atoms with Crippen LogP contribution in [-0.2, 0) is 4.79 Å². The Kier molecular flexibility index (Phi) is 4.47. The van der Waals surface area contributed by atoms with Gasteiger partial charge in [-0.05, 0) is 12.1 Å². The van der Waals surface area contributed by atoms with Crippen LogP contribution in [0.4, 0.5) is 5.69 Å². The van der Waals surface area contributed by atoms with Crippen molar-refractivity contribution in [1.82, 2.24) is 0 Å². The summed E-state index contributed by atoms with van der Waals surface area (Å²) < 4.78 is 0. The molecule has 0 heterocycles. The number of benzene rings is 1. The molecule has 92 valence electrons. The van der Waals surface area contributed by atoms with E-state index in [0.29, 0.717) is 0 Å². The molecule has 0 spiro atoms. The van der Waals surface area contributed by atoms with Gasteiger partial charge in [0.25, 0.3) is 0 Å². The fourth-order valence-electron chi connectivity index (χ4n) is 1.50. The van der Waals surface area contributed by atoms with Crippen LogP contribution in [-0.4, -0.2) is 47.0 Å². The number of carboxylic acid groups (broad SMARTS) is 2. The van der Waals surface area contributed by atoms with Crippen molar-refractivity contribution in [3.05, 3.63) is 29.8 Å². The van der Waals surface area contributed by atoms with E-state index in [1.165, 1.54) is 17.0 Å². The molecule has 0 fully saturated rings. The normalized spacial score (nSPS) is 9.94. The molecule has 0 unspecified atom stereocenters. The Balaban J connectivity index is 3.08. The molecule has 0 aliphatic carbocycles. The summed E-state index contributed by atoms with van der Waals surface area (Å²) in [7, 11) is 0. The third-order valence-electron chi connectivity index (χ3n) is 2.17. The number of carboxylic acids is 2. The van der Waals surface area contributed by atoms with E-state index >= 15 is 0 Å². The van der Waals surface area contributed by atoms with Crippen molar-refractivity contribution in [1.29, 1.82) is 0 Å². The zero-order valence-corrected chi connectivity index (χ0v) is 9.04. The predicted octanol–water partition coefficient (Wildman–Crippen LogP) is 0.268. The van der Waals surface area contributed by atoms with Crippen LogP contribution in [0.3, 0.4) is 0 Å². The average molecular weight is 239 g/mol. The van der Waals surface area contributed by atoms with Crippen LogP contribution in [0, 0.1) is 0 Å². The molecular formula is C11H13NO5. The van der Waals surface area contributed by atoms with Crippen LogP contribution in [0.25, 0.3) is 0 Å². The van der Waals surface area contributed by atoms with Crippen LogP contribution < -0.4 is 4.90 Å². The second-order valence-electron chi connectivity index (χ2n) is 3.36. The van der Waals surface area contributed by atoms with Crippen molar-refractivity contribution in [2.75, 3.05) is 24.6 Å². The van der Waals surface area contributed by atoms with Gasteiger partial charge in [-0.25, -0.2) is 4.79 Å². The van der Waals surface area contributed by atoms with Gasteiger partial charge in [-0.2, -0.15) is 0 Å². The van der Waals surface area contributed by atoms with Gasteiger partial charge in [0.05, 0.1) is 17.9 Å². The van der Waals surface area contributed by atoms with E-state index < -0.39 is 11.9 Å². The quantitative estimate of drug-likeness (QED) is 0.659. The number of hydrogen-bond donors (Lipinski definition) is 3. The lowest BCUT2D eigenvalue weighted by Gasteiger charge is -2.23. The zero-order valence-electron chi connectivity index (χ0n) is 9.04. The SMILES string of the molecule is O=C(O)CN(CCO)c1ccccc1C(=O)O. The monoisotopic (exact) mass is 239 g/mol. The third kappa shape index (κ3) is 3.46. The van der Waals surface area contributed by atoms with E-state index in [1.54, 1.807) is 12.1 Å². The Morgan fingerprint density at radius 2 is 1.82 bits per heavy atom. The average Bonchev–Trinajstić information content (AvgIpc) is 2.28. The van der Waals surface area contributed by atoms with E-state index in [0.717, 1.165) is 0 Å². The maximum atomic E-state index is 11.0. The highest BCUT2D eigenvalue weighted by Crippen LogP contribution is 2.19. The highest BCUT2D eigenvalue weighted by molar-refractivity contribution is 5.95. The molecule has 6 heteroatoms. The summed E-state index contributed by atoms with van der Waals surface area (Å²) in [6.45, 7) is -0.539. The molecule has 6 nitrogen and oxygen atoms in total. The van der Waals surface area contributed by atoms with Gasteiger partial charge in [0.2, 0.25) is 0 Å². The molecule has 0 atom stereocenters. The summed E-state index contributed by atoms with van der Waals surface area (Å²) in [4.78, 5) is 23.0. The molecular weight excluding hydrogens is 226 g/mol. The minimum absolute atomic E-state index is 0.0159. The highest BCUT2D eigenvalue weighted by atomic mass is 16.4. The molecule has 1 rings (SSSR count). The molecule has 0 aromatic heterocycles. The first-order valence-electron chi connectivity index (χ1n) is 4.96. The van der Waals surface area contributed by atoms with Gasteiger partial charge >= 0.3 is 11.9 Å². The number of anilines is 1. The molecule has 17 heavy (non-hydrogen) atoms. The van der Waals surface area contributed by atoms with Crippen molar-refractivity contribution >= 4 is 17.6 Å². The van der Waals surface area contributed by atoms with Gasteiger partial charge < -0.3 is 20.2 Å². The molecule has 0 aliphatic rings. The molecule has 0 bridgehead atoms. The fraction of sp³-hybridized carbons (Fsp3) is 0.273. The second-order valence-corrected chi connectivity index (χ2v) is 3.36. The lowest BCUT2D eigenvalue weighted by atomic mass is 10.1. The maximum Gasteiger partial charge on any atom is 0.337 e. The number of aromatic carboxylic acids is 1. The Bertz CT molecular complexity index is 418. The summed E-state index contributed by atoms with van der Waals surface area (Å²) in [6, 6.07) is 6.09. The summed E-state index contributed by atoms with van der Waals surface area (Å²) in [5.41, 5.74) is 0.304. The Morgan fingerprint density at radius 3 is 2.35 bits per heavy atom. The molecule has 0 radical (unpaired) electrons. The lowest BCUT2D eigenvalue weighted by molar-refractivity contribution is -0.135. The van der Waals surface area contributed by atoms with Crippen LogP contribution in [0.1, 0.15) is 10.4 Å². The van der Waals surface area contributed by atoms with Crippen LogP contribution in [0.15, 0.2) is 24.3 Å². The van der Waals surface area contributed by atoms with Crippen molar-refractivity contribution in [2.45, 2.75) is 0 Å². The zero-order chi connectivity index (χ0) is 12.8. The van der Waals surface area contributed by atoms with Gasteiger partial charge in [-0.3, -0.25) is 4.79 Å². The number of carbonyl (C=O) groups is 2. The first-order chi connectivity index (χ1) is 8.06. The van der Waals surface area contributed by atoms with E-state index in [4.69, 9.17) is 15.3 Å². The van der Waals surface area contributed by atoms with Crippen LogP contribution in [0.2, 0.25) is 0 Å². The molecule has 1 aromatic carbocycles. The molecule has 0 amide bonds. The number of aliphatic hydroxyl groups is 1. The first-order valence-corrected chi connectivity index (χ1v) is 4.96. The number of rotatable bonds is 6. The van der Waals surface area contributed by atoms with Crippen molar-refractivity contribution in [3.63, 3.8) is 0 Å². The number of aliphatic carboxylic acids is 1. The van der Waals surface area contributed by atoms with Gasteiger partial charge in [0.1, 0.15) is 6.54 Å². The number of aliphatic hydroxyl groups excluding tert-OH is 1. The topological polar surface area (TPSA) is 98.1 Å². The van der Waals surface area contributed by atoms with E-state index in [-0.39, 0.29) is 30.9 Å². The van der Waals surface area contributed by atoms with Crippen molar-refractivity contribution in [3.8, 4) is 0 Å². The number of para-hydroxylation sites is 1. The van der Waals surface area contributed by atoms with Crippen LogP contribution in [0.5, 0.6) is 0 Å². The van der Waals surface area contributed by atoms with E-state index in [2.05, 4.69) is 0 Å². The molecule has 1 aromatic rings. The molecule has 0 saturated heterocycles. The minimum atomic E-state index is -1.13. The third-order valence-corrected chi connectivity index (χ3v) is 2.17. The largest absolute Gasteiger partial charge is 0.480 e. The smallest absolute Gasteiger partial charge is 0.337 e. The maximum absolute atomic E-state index is 11.0. The van der Waals surface area contributed by atoms with Crippen molar-refractivity contribution in [2.24, 2.45) is 0 Å². The Labute approximate surface area is 97.7 Å². The van der Waals surface area contributed by atoms with Crippen LogP contribution >= 0.6 is 0 Å². The molecule has 0 aliphatic heterocycles. The summed E-state index contributed by atoms with van der Waals surface area (Å²) >= 11 is 0. The van der Waals surface area contributed by atoms with Gasteiger partial charge in [-0.1, -0.05) is 12.1 Å².